The van der Waals surface area contributed by atoms with Gasteiger partial charge in [0.1, 0.15) is 0 Å². The van der Waals surface area contributed by atoms with Gasteiger partial charge in [-0.1, -0.05) is 40.5 Å². The van der Waals surface area contributed by atoms with Gasteiger partial charge in [-0.15, -0.1) is 0 Å². The lowest BCUT2D eigenvalue weighted by molar-refractivity contribution is -0.179. The second-order valence-electron chi connectivity index (χ2n) is 10.6. The summed E-state index contributed by atoms with van der Waals surface area (Å²) in [4.78, 5) is 13.1. The first-order chi connectivity index (χ1) is 12.3. The van der Waals surface area contributed by atoms with Crippen LogP contribution in [-0.4, -0.2) is 12.6 Å². The molecule has 0 spiro atoms. The van der Waals surface area contributed by atoms with Crippen LogP contribution in [-0.2, 0) is 9.53 Å². The maximum atomic E-state index is 13.1. The molecule has 0 aliphatic heterocycles. The van der Waals surface area contributed by atoms with Gasteiger partial charge < -0.3 is 4.74 Å². The van der Waals surface area contributed by atoms with Crippen LogP contribution in [0.4, 0.5) is 0 Å². The van der Waals surface area contributed by atoms with E-state index in [1.165, 1.54) is 44.9 Å². The maximum absolute atomic E-state index is 13.1. The van der Waals surface area contributed by atoms with E-state index in [4.69, 9.17) is 4.74 Å². The van der Waals surface area contributed by atoms with Crippen molar-refractivity contribution in [3.05, 3.63) is 0 Å². The Bertz CT molecular complexity index is 498. The average molecular weight is 363 g/mol. The van der Waals surface area contributed by atoms with Crippen LogP contribution in [0.3, 0.4) is 0 Å². The second-order valence-corrected chi connectivity index (χ2v) is 10.6. The van der Waals surface area contributed by atoms with Crippen molar-refractivity contribution in [1.82, 2.24) is 0 Å². The average Bonchev–Trinajstić information content (AvgIpc) is 2.61. The van der Waals surface area contributed by atoms with E-state index in [0.29, 0.717) is 17.9 Å². The molecule has 0 amide bonds. The summed E-state index contributed by atoms with van der Waals surface area (Å²) >= 11 is 0. The smallest absolute Gasteiger partial charge is 0.312 e. The summed E-state index contributed by atoms with van der Waals surface area (Å²) in [6.07, 6.45) is 12.4. The maximum Gasteiger partial charge on any atom is 0.312 e. The number of ether oxygens (including phenoxy) is 1. The summed E-state index contributed by atoms with van der Waals surface area (Å²) in [5, 5.41) is 0. The standard InChI is InChI=1S/C24H42O2/c1-6-7-15-26-22(25)24(5)14-8-13-23(4)20-11-9-18(17(2)3)16-19(20)10-12-21(23)24/h17-21H,6-16H2,1-5H3/t18?,19?,20-,21?,23-,24+/m1/s1. The quantitative estimate of drug-likeness (QED) is 0.405. The normalized spacial score (nSPS) is 42.8. The molecule has 26 heavy (non-hydrogen) atoms. The number of carbonyl (C=O) groups is 1. The Hall–Kier alpha value is -0.530. The van der Waals surface area contributed by atoms with Crippen LogP contribution in [0.25, 0.3) is 0 Å². The van der Waals surface area contributed by atoms with Crippen LogP contribution in [0, 0.1) is 40.4 Å². The summed E-state index contributed by atoms with van der Waals surface area (Å²) in [5.74, 6) is 4.11. The molecule has 3 aliphatic carbocycles. The third kappa shape index (κ3) is 3.47. The second kappa shape index (κ2) is 7.84. The SMILES string of the molecule is CCCCOC(=O)[C@@]1(C)CCC[C@@]2(C)C1CCC1CC(C(C)C)CC[C@H]12. The van der Waals surface area contributed by atoms with Gasteiger partial charge in [-0.2, -0.15) is 0 Å². The molecule has 3 rings (SSSR count). The number of rotatable bonds is 5. The highest BCUT2D eigenvalue weighted by Crippen LogP contribution is 2.64. The Balaban J connectivity index is 1.76. The fourth-order valence-corrected chi connectivity index (χ4v) is 7.20. The first-order valence-corrected chi connectivity index (χ1v) is 11.5. The molecule has 2 nitrogen and oxygen atoms in total. The molecule has 0 N–H and O–H groups in total. The monoisotopic (exact) mass is 362 g/mol. The van der Waals surface area contributed by atoms with Crippen LogP contribution >= 0.6 is 0 Å². The van der Waals surface area contributed by atoms with Crippen LogP contribution in [0.2, 0.25) is 0 Å². The Kier molecular flexibility index (Phi) is 6.09. The third-order valence-electron chi connectivity index (χ3n) is 8.81. The molecule has 0 aromatic carbocycles. The molecule has 6 atom stereocenters. The number of unbranched alkanes of at least 4 members (excludes halogenated alkanes) is 1. The van der Waals surface area contributed by atoms with Crippen molar-refractivity contribution in [3.8, 4) is 0 Å². The Morgan fingerprint density at radius 3 is 2.58 bits per heavy atom. The molecule has 0 aromatic heterocycles. The van der Waals surface area contributed by atoms with E-state index < -0.39 is 0 Å². The topological polar surface area (TPSA) is 26.3 Å². The highest BCUT2D eigenvalue weighted by Gasteiger charge is 2.59. The van der Waals surface area contributed by atoms with Gasteiger partial charge in [-0.3, -0.25) is 4.79 Å². The third-order valence-corrected chi connectivity index (χ3v) is 8.81. The zero-order valence-electron chi connectivity index (χ0n) is 18.0. The molecule has 0 bridgehead atoms. The molecular weight excluding hydrogens is 320 g/mol. The zero-order valence-corrected chi connectivity index (χ0v) is 18.0. The minimum Gasteiger partial charge on any atom is -0.465 e. The summed E-state index contributed by atoms with van der Waals surface area (Å²) in [6.45, 7) is 12.4. The highest BCUT2D eigenvalue weighted by molar-refractivity contribution is 5.77. The zero-order chi connectivity index (χ0) is 18.9. The number of hydrogen-bond donors (Lipinski definition) is 0. The van der Waals surface area contributed by atoms with Crippen molar-refractivity contribution < 1.29 is 9.53 Å². The Morgan fingerprint density at radius 2 is 1.88 bits per heavy atom. The number of hydrogen-bond acceptors (Lipinski definition) is 2. The molecule has 0 saturated heterocycles. The van der Waals surface area contributed by atoms with Gasteiger partial charge in [0.25, 0.3) is 0 Å². The van der Waals surface area contributed by atoms with Crippen molar-refractivity contribution in [3.63, 3.8) is 0 Å². The lowest BCUT2D eigenvalue weighted by atomic mass is 9.43. The van der Waals surface area contributed by atoms with E-state index in [9.17, 15) is 4.79 Å². The van der Waals surface area contributed by atoms with Crippen LogP contribution in [0.5, 0.6) is 0 Å². The Labute approximate surface area is 161 Å². The molecule has 150 valence electrons. The van der Waals surface area contributed by atoms with Crippen molar-refractivity contribution in [1.29, 1.82) is 0 Å². The van der Waals surface area contributed by atoms with Crippen LogP contribution < -0.4 is 0 Å². The molecule has 0 radical (unpaired) electrons. The van der Waals surface area contributed by atoms with E-state index in [1.54, 1.807) is 0 Å². The van der Waals surface area contributed by atoms with Gasteiger partial charge in [-0.05, 0) is 93.3 Å². The molecule has 3 unspecified atom stereocenters. The number of esters is 1. The van der Waals surface area contributed by atoms with Crippen molar-refractivity contribution in [2.24, 2.45) is 40.4 Å². The van der Waals surface area contributed by atoms with Gasteiger partial charge in [0.15, 0.2) is 0 Å². The molecule has 0 heterocycles. The fourth-order valence-electron chi connectivity index (χ4n) is 7.20. The van der Waals surface area contributed by atoms with Crippen molar-refractivity contribution in [2.75, 3.05) is 6.61 Å². The fraction of sp³-hybridized carbons (Fsp3) is 0.958. The van der Waals surface area contributed by atoms with Crippen molar-refractivity contribution in [2.45, 2.75) is 98.8 Å². The number of carbonyl (C=O) groups excluding carboxylic acids is 1. The minimum absolute atomic E-state index is 0.108. The summed E-state index contributed by atoms with van der Waals surface area (Å²) < 4.78 is 5.76. The van der Waals surface area contributed by atoms with Gasteiger partial charge in [0.2, 0.25) is 0 Å². The van der Waals surface area contributed by atoms with E-state index in [1.807, 2.05) is 0 Å². The van der Waals surface area contributed by atoms with E-state index in [0.717, 1.165) is 42.9 Å². The number of fused-ring (bicyclic) bond motifs is 3. The lowest BCUT2D eigenvalue weighted by Crippen LogP contribution is -2.56. The van der Waals surface area contributed by atoms with E-state index in [-0.39, 0.29) is 11.4 Å². The molecular formula is C24H42O2. The molecule has 3 fully saturated rings. The minimum atomic E-state index is -0.249. The van der Waals surface area contributed by atoms with Crippen molar-refractivity contribution >= 4 is 5.97 Å². The first kappa shape index (κ1) is 20.2. The van der Waals surface area contributed by atoms with Crippen LogP contribution in [0.1, 0.15) is 98.8 Å². The van der Waals surface area contributed by atoms with E-state index in [2.05, 4.69) is 34.6 Å². The first-order valence-electron chi connectivity index (χ1n) is 11.5. The predicted molar refractivity (Wildman–Crippen MR) is 108 cm³/mol. The highest BCUT2D eigenvalue weighted by atomic mass is 16.5. The summed E-state index contributed by atoms with van der Waals surface area (Å²) in [5.41, 5.74) is 0.0995. The van der Waals surface area contributed by atoms with Gasteiger partial charge in [0, 0.05) is 0 Å². The predicted octanol–water partition coefficient (Wildman–Crippen LogP) is 6.62. The lowest BCUT2D eigenvalue weighted by Gasteiger charge is -2.61. The molecule has 2 heteroatoms. The van der Waals surface area contributed by atoms with Crippen LogP contribution in [0.15, 0.2) is 0 Å². The van der Waals surface area contributed by atoms with Gasteiger partial charge in [0.05, 0.1) is 12.0 Å². The van der Waals surface area contributed by atoms with Gasteiger partial charge >= 0.3 is 5.97 Å². The molecule has 0 aromatic rings. The largest absolute Gasteiger partial charge is 0.465 e. The summed E-state index contributed by atoms with van der Waals surface area (Å²) in [6, 6.07) is 0. The van der Waals surface area contributed by atoms with E-state index >= 15 is 0 Å². The molecule has 3 saturated carbocycles. The van der Waals surface area contributed by atoms with Gasteiger partial charge in [-0.25, -0.2) is 0 Å². The Morgan fingerprint density at radius 1 is 1.12 bits per heavy atom. The summed E-state index contributed by atoms with van der Waals surface area (Å²) in [7, 11) is 0. The molecule has 3 aliphatic rings.